The van der Waals surface area contributed by atoms with Crippen molar-refractivity contribution in [2.45, 2.75) is 55.8 Å². The summed E-state index contributed by atoms with van der Waals surface area (Å²) in [5.74, 6) is 9.19. The second-order valence-corrected chi connectivity index (χ2v) is 35.0. The molecule has 638 valence electrons. The van der Waals surface area contributed by atoms with Crippen LogP contribution in [0.2, 0.25) is 0 Å². The standard InChI is InChI=1S/2C33H22O3.C27H24O3.C27H18O3/c34-25-12-14-27-23(18-25)10-16-29-32(27)31(22-8-6-21(7-9-22)20-4-2-1-3-5-20)33-28-15-13-26(35)19-24(28)11-17-30(33)36-29;34-25-14-10-22-12-16-29-32(27(22)18-25)31(24-8-6-21(7-9-24)20-4-2-1-3-5-20)33-28-19-26(35)15-11-23(28)13-17-30(33)36-29;2*28-19-8-10-21-17(14-19)6-12-23-26(21)25(16-4-2-1-3-5-16)27-22-11-9-20(29)15-18(22)7-13-24(27)30-23/h2*1-19,31,34-35H;6-16,25,28-29H,1-5H2;1-15,25,28-29H. The van der Waals surface area contributed by atoms with Gasteiger partial charge in [0.2, 0.25) is 0 Å². The van der Waals surface area contributed by atoms with Crippen LogP contribution in [0.5, 0.6) is 92.0 Å². The summed E-state index contributed by atoms with van der Waals surface area (Å²) in [5, 5.41) is 97.5. The van der Waals surface area contributed by atoms with E-state index >= 15 is 0 Å². The fourth-order valence-corrected chi connectivity index (χ4v) is 21.3. The minimum atomic E-state index is -0.149. The van der Waals surface area contributed by atoms with Crippen LogP contribution in [0.3, 0.4) is 0 Å². The molecular formula is C120H86O12. The molecule has 0 atom stereocenters. The number of phenolic OH excluding ortho intramolecular Hbond substituents is 8. The first kappa shape index (κ1) is 79.9. The first-order chi connectivity index (χ1) is 64.7. The molecule has 5 aliphatic rings. The maximum atomic E-state index is 10.4. The summed E-state index contributed by atoms with van der Waals surface area (Å²) < 4.78 is 25.8. The Balaban J connectivity index is 0.000000100. The van der Waals surface area contributed by atoms with Gasteiger partial charge in [0, 0.05) is 68.2 Å². The number of hydrogen-bond acceptors (Lipinski definition) is 12. The molecule has 8 N–H and O–H groups in total. The molecule has 1 aliphatic carbocycles. The Labute approximate surface area is 760 Å². The number of rotatable bonds is 6. The van der Waals surface area contributed by atoms with Gasteiger partial charge in [-0.1, -0.05) is 256 Å². The van der Waals surface area contributed by atoms with Crippen LogP contribution < -0.4 is 18.9 Å². The molecule has 1 saturated carbocycles. The van der Waals surface area contributed by atoms with Crippen molar-refractivity contribution in [3.05, 3.63) is 443 Å². The summed E-state index contributed by atoms with van der Waals surface area (Å²) in [4.78, 5) is 0. The molecule has 0 amide bonds. The van der Waals surface area contributed by atoms with E-state index in [4.69, 9.17) is 18.9 Å². The molecule has 0 bridgehead atoms. The van der Waals surface area contributed by atoms with Gasteiger partial charge in [0.25, 0.3) is 0 Å². The van der Waals surface area contributed by atoms with E-state index in [1.807, 2.05) is 188 Å². The minimum absolute atomic E-state index is 0.0357. The van der Waals surface area contributed by atoms with Gasteiger partial charge >= 0.3 is 0 Å². The largest absolute Gasteiger partial charge is 0.508 e. The summed E-state index contributed by atoms with van der Waals surface area (Å²) in [7, 11) is 0. The lowest BCUT2D eigenvalue weighted by molar-refractivity contribution is 0.312. The minimum Gasteiger partial charge on any atom is -0.508 e. The van der Waals surface area contributed by atoms with Crippen LogP contribution in [0.15, 0.2) is 382 Å². The molecule has 4 aliphatic heterocycles. The zero-order valence-corrected chi connectivity index (χ0v) is 71.5. The summed E-state index contributed by atoms with van der Waals surface area (Å²) in [5.41, 5.74) is 17.0. The van der Waals surface area contributed by atoms with E-state index in [0.717, 1.165) is 188 Å². The third-order valence-electron chi connectivity index (χ3n) is 27.2. The number of benzene rings is 21. The van der Waals surface area contributed by atoms with Crippen LogP contribution in [0.4, 0.5) is 0 Å². The van der Waals surface area contributed by atoms with Gasteiger partial charge in [0.05, 0.1) is 0 Å². The van der Waals surface area contributed by atoms with Crippen molar-refractivity contribution in [2.75, 3.05) is 0 Å². The second-order valence-electron chi connectivity index (χ2n) is 35.0. The van der Waals surface area contributed by atoms with Gasteiger partial charge in [-0.2, -0.15) is 0 Å². The molecule has 0 saturated heterocycles. The predicted octanol–water partition coefficient (Wildman–Crippen LogP) is 30.6. The molecule has 0 radical (unpaired) electrons. The molecule has 12 nitrogen and oxygen atoms in total. The van der Waals surface area contributed by atoms with Crippen LogP contribution in [0.25, 0.3) is 108 Å². The maximum Gasteiger partial charge on any atom is 0.132 e. The smallest absolute Gasteiger partial charge is 0.132 e. The van der Waals surface area contributed by atoms with Crippen molar-refractivity contribution < 1.29 is 59.8 Å². The number of phenols is 8. The monoisotopic (exact) mass is 1720 g/mol. The van der Waals surface area contributed by atoms with Crippen LogP contribution >= 0.6 is 0 Å². The van der Waals surface area contributed by atoms with Crippen molar-refractivity contribution in [1.82, 2.24) is 0 Å². The van der Waals surface area contributed by atoms with Gasteiger partial charge in [-0.25, -0.2) is 0 Å². The average Bonchev–Trinajstić information content (AvgIpc) is 0.738. The first-order valence-corrected chi connectivity index (χ1v) is 44.8. The second kappa shape index (κ2) is 32.9. The third-order valence-corrected chi connectivity index (χ3v) is 27.2. The van der Waals surface area contributed by atoms with E-state index in [1.54, 1.807) is 72.8 Å². The lowest BCUT2D eigenvalue weighted by Gasteiger charge is -2.37. The van der Waals surface area contributed by atoms with Crippen LogP contribution in [0.1, 0.15) is 117 Å². The van der Waals surface area contributed by atoms with Crippen molar-refractivity contribution in [1.29, 1.82) is 0 Å². The Kier molecular flexibility index (Phi) is 19.9. The molecular weight excluding hydrogens is 1630 g/mol. The van der Waals surface area contributed by atoms with Crippen molar-refractivity contribution in [2.24, 2.45) is 5.92 Å². The highest BCUT2D eigenvalue weighted by molar-refractivity contribution is 6.01. The maximum absolute atomic E-state index is 10.4. The van der Waals surface area contributed by atoms with Gasteiger partial charge in [-0.05, 0) is 289 Å². The highest BCUT2D eigenvalue weighted by Gasteiger charge is 2.40. The van der Waals surface area contributed by atoms with Crippen LogP contribution in [-0.2, 0) is 0 Å². The fraction of sp³-hybridized carbons (Fsp3) is 0.0833. The van der Waals surface area contributed by atoms with Gasteiger partial charge in [0.15, 0.2) is 0 Å². The van der Waals surface area contributed by atoms with Gasteiger partial charge in [-0.15, -0.1) is 0 Å². The molecule has 0 aromatic heterocycles. The van der Waals surface area contributed by atoms with Crippen molar-refractivity contribution in [3.8, 4) is 114 Å². The zero-order valence-electron chi connectivity index (χ0n) is 71.5. The SMILES string of the molecule is Oc1ccc2c3c(ccc2c1)Oc1ccc2cc(O)ccc2c1C3C1CCCCC1.Oc1ccc2c3c(ccc2c1)Oc1ccc2cc(O)ccc2c1C3c1ccc(-c2ccccc2)cc1.Oc1ccc2c3c(ccc2c1)Oc1ccc2cc(O)ccc2c1C3c1ccccc1.Oc1ccc2ccc3c(c2c1)C(c1ccc(-c2ccccc2)cc1)c1c(ccc2ccc(O)cc12)O3. The average molecular weight is 1720 g/mol. The number of ether oxygens (including phenoxy) is 4. The number of aromatic hydroxyl groups is 8. The van der Waals surface area contributed by atoms with Crippen LogP contribution in [0, 0.1) is 5.92 Å². The van der Waals surface area contributed by atoms with Crippen molar-refractivity contribution >= 4 is 86.2 Å². The van der Waals surface area contributed by atoms with Gasteiger partial charge in [-0.3, -0.25) is 0 Å². The van der Waals surface area contributed by atoms with Gasteiger partial charge in [0.1, 0.15) is 92.0 Å². The molecule has 132 heavy (non-hydrogen) atoms. The van der Waals surface area contributed by atoms with E-state index in [-0.39, 0.29) is 69.7 Å². The highest BCUT2D eigenvalue weighted by Crippen LogP contribution is 2.60. The summed E-state index contributed by atoms with van der Waals surface area (Å²) >= 11 is 0. The van der Waals surface area contributed by atoms with E-state index in [0.29, 0.717) is 5.92 Å². The van der Waals surface area contributed by atoms with E-state index in [9.17, 15) is 40.9 Å². The molecule has 1 fully saturated rings. The molecule has 21 aromatic carbocycles. The Bertz CT molecular complexity index is 7810. The molecule has 21 aromatic rings. The Morgan fingerprint density at radius 1 is 0.174 bits per heavy atom. The fourth-order valence-electron chi connectivity index (χ4n) is 21.3. The first-order valence-electron chi connectivity index (χ1n) is 44.8. The highest BCUT2D eigenvalue weighted by atomic mass is 16.5. The van der Waals surface area contributed by atoms with E-state index in [2.05, 4.69) is 121 Å². The van der Waals surface area contributed by atoms with Crippen molar-refractivity contribution in [3.63, 3.8) is 0 Å². The number of fused-ring (bicyclic) bond motifs is 24. The summed E-state index contributed by atoms with van der Waals surface area (Å²) in [6, 6.07) is 125. The lowest BCUT2D eigenvalue weighted by atomic mass is 9.70. The Morgan fingerprint density at radius 3 is 0.689 bits per heavy atom. The third kappa shape index (κ3) is 14.4. The zero-order chi connectivity index (χ0) is 88.9. The molecule has 0 spiro atoms. The van der Waals surface area contributed by atoms with Crippen LogP contribution in [-0.4, -0.2) is 40.9 Å². The quantitative estimate of drug-likeness (QED) is 0.0785. The molecule has 12 heteroatoms. The molecule has 26 rings (SSSR count). The normalized spacial score (nSPS) is 13.8. The number of hydrogen-bond donors (Lipinski definition) is 8. The Morgan fingerprint density at radius 2 is 0.394 bits per heavy atom. The Hall–Kier alpha value is -16.7. The van der Waals surface area contributed by atoms with E-state index < -0.39 is 0 Å². The summed E-state index contributed by atoms with van der Waals surface area (Å²) in [6.45, 7) is 0. The topological polar surface area (TPSA) is 199 Å². The molecule has 4 heterocycles. The van der Waals surface area contributed by atoms with Gasteiger partial charge < -0.3 is 59.8 Å². The molecule has 0 unspecified atom stereocenters. The lowest BCUT2D eigenvalue weighted by Crippen LogP contribution is -2.22. The van der Waals surface area contributed by atoms with E-state index in [1.165, 1.54) is 59.9 Å². The predicted molar refractivity (Wildman–Crippen MR) is 527 cm³/mol. The summed E-state index contributed by atoms with van der Waals surface area (Å²) in [6.07, 6.45) is 6.28.